The molecule has 5 heteroatoms. The minimum Gasteiger partial charge on any atom is -0.324 e. The largest absolute Gasteiger partial charge is 0.328 e. The number of rotatable bonds is 7. The average Bonchev–Trinajstić information content (AvgIpc) is 2.03. The molecular formula is C9H17O4P. The summed E-state index contributed by atoms with van der Waals surface area (Å²) in [6, 6.07) is 0. The smallest absolute Gasteiger partial charge is 0.324 e. The molecule has 82 valence electrons. The Morgan fingerprint density at radius 2 is 2.14 bits per heavy atom. The molecule has 0 rings (SSSR count). The summed E-state index contributed by atoms with van der Waals surface area (Å²) < 4.78 is 15.8. The van der Waals surface area contributed by atoms with Gasteiger partial charge in [0.1, 0.15) is 0 Å². The topological polar surface area (TPSA) is 63.6 Å². The summed E-state index contributed by atoms with van der Waals surface area (Å²) >= 11 is 0. The molecule has 0 amide bonds. The van der Waals surface area contributed by atoms with Crippen LogP contribution in [0.2, 0.25) is 0 Å². The van der Waals surface area contributed by atoms with Crippen LogP contribution in [-0.2, 0) is 13.9 Å². The molecule has 0 aliphatic rings. The van der Waals surface area contributed by atoms with Crippen LogP contribution in [-0.4, -0.2) is 23.4 Å². The monoisotopic (exact) mass is 220 g/mol. The predicted octanol–water partition coefficient (Wildman–Crippen LogP) is 2.13. The second-order valence-corrected chi connectivity index (χ2v) is 5.07. The van der Waals surface area contributed by atoms with Gasteiger partial charge in [0.05, 0.1) is 12.8 Å². The molecule has 4 nitrogen and oxygen atoms in total. The minimum atomic E-state index is -3.46. The fraction of sp³-hybridized carbons (Fsp3) is 0.667. The first-order chi connectivity index (χ1) is 6.39. The van der Waals surface area contributed by atoms with E-state index in [4.69, 9.17) is 4.89 Å². The van der Waals surface area contributed by atoms with Gasteiger partial charge in [0, 0.05) is 6.42 Å². The zero-order valence-corrected chi connectivity index (χ0v) is 9.55. The summed E-state index contributed by atoms with van der Waals surface area (Å²) in [6.45, 7) is 6.99. The van der Waals surface area contributed by atoms with Gasteiger partial charge in [0.25, 0.3) is 0 Å². The van der Waals surface area contributed by atoms with Crippen molar-refractivity contribution in [2.24, 2.45) is 0 Å². The molecule has 1 N–H and O–H groups in total. The highest BCUT2D eigenvalue weighted by Crippen LogP contribution is 2.42. The molecule has 0 aliphatic heterocycles. The fourth-order valence-corrected chi connectivity index (χ4v) is 2.01. The zero-order chi connectivity index (χ0) is 11.2. The van der Waals surface area contributed by atoms with Crippen molar-refractivity contribution in [1.82, 2.24) is 0 Å². The summed E-state index contributed by atoms with van der Waals surface area (Å²) in [5, 5.41) is 0. The van der Waals surface area contributed by atoms with Gasteiger partial charge in [0.15, 0.2) is 5.78 Å². The minimum absolute atomic E-state index is 0.0276. The lowest BCUT2D eigenvalue weighted by atomic mass is 10.1. The second-order valence-electron chi connectivity index (χ2n) is 3.09. The molecule has 0 saturated heterocycles. The highest BCUT2D eigenvalue weighted by Gasteiger charge is 2.18. The van der Waals surface area contributed by atoms with Crippen molar-refractivity contribution in [3.63, 3.8) is 0 Å². The first-order valence-electron chi connectivity index (χ1n) is 4.54. The van der Waals surface area contributed by atoms with Gasteiger partial charge in [-0.1, -0.05) is 6.58 Å². The molecule has 0 saturated carbocycles. The van der Waals surface area contributed by atoms with Crippen LogP contribution in [0.1, 0.15) is 26.7 Å². The molecule has 0 heterocycles. The van der Waals surface area contributed by atoms with Gasteiger partial charge < -0.3 is 9.42 Å². The van der Waals surface area contributed by atoms with Crippen LogP contribution in [0.4, 0.5) is 0 Å². The third kappa shape index (κ3) is 6.08. The zero-order valence-electron chi connectivity index (χ0n) is 8.65. The molecule has 0 fully saturated rings. The number of carbonyl (C=O) groups is 1. The molecular weight excluding hydrogens is 203 g/mol. The lowest BCUT2D eigenvalue weighted by Crippen LogP contribution is -2.01. The lowest BCUT2D eigenvalue weighted by molar-refractivity contribution is -0.115. The Labute approximate surface area is 84.5 Å². The van der Waals surface area contributed by atoms with E-state index in [2.05, 4.69) is 11.1 Å². The Morgan fingerprint density at radius 1 is 1.57 bits per heavy atom. The van der Waals surface area contributed by atoms with Gasteiger partial charge in [-0.15, -0.1) is 0 Å². The standard InChI is InChI=1S/C9H17O4P/c1-4-13-14(11,12)7-5-6-9(10)8(2)3/h2,4-7H2,1,3H3,(H,11,12). The highest BCUT2D eigenvalue weighted by molar-refractivity contribution is 7.52. The van der Waals surface area contributed by atoms with Crippen molar-refractivity contribution in [3.8, 4) is 0 Å². The summed E-state index contributed by atoms with van der Waals surface area (Å²) in [4.78, 5) is 20.2. The number of allylic oxidation sites excluding steroid dienone is 1. The first kappa shape index (κ1) is 13.6. The Hall–Kier alpha value is -0.440. The third-order valence-corrected chi connectivity index (χ3v) is 3.19. The number of carbonyl (C=O) groups excluding carboxylic acids is 1. The van der Waals surface area contributed by atoms with Crippen LogP contribution in [0, 0.1) is 0 Å². The van der Waals surface area contributed by atoms with Gasteiger partial charge in [-0.2, -0.15) is 0 Å². The Balaban J connectivity index is 3.79. The molecule has 1 unspecified atom stereocenters. The molecule has 0 aromatic heterocycles. The summed E-state index contributed by atoms with van der Waals surface area (Å²) in [5.41, 5.74) is 0.481. The number of Topliss-reactive ketones (excluding diaryl/α,β-unsaturated/α-hetero) is 1. The van der Waals surface area contributed by atoms with Crippen LogP contribution >= 0.6 is 7.60 Å². The van der Waals surface area contributed by atoms with Crippen molar-refractivity contribution in [2.75, 3.05) is 12.8 Å². The summed E-state index contributed by atoms with van der Waals surface area (Å²) in [6.07, 6.45) is 0.645. The van der Waals surface area contributed by atoms with E-state index >= 15 is 0 Å². The Morgan fingerprint density at radius 3 is 2.57 bits per heavy atom. The fourth-order valence-electron chi connectivity index (χ4n) is 0.919. The molecule has 0 aromatic carbocycles. The van der Waals surface area contributed by atoms with Gasteiger partial charge in [-0.3, -0.25) is 9.36 Å². The van der Waals surface area contributed by atoms with E-state index in [9.17, 15) is 9.36 Å². The number of hydrogen-bond donors (Lipinski definition) is 1. The van der Waals surface area contributed by atoms with Crippen molar-refractivity contribution in [3.05, 3.63) is 12.2 Å². The van der Waals surface area contributed by atoms with Crippen LogP contribution in [0.5, 0.6) is 0 Å². The molecule has 1 atom stereocenters. The van der Waals surface area contributed by atoms with Crippen molar-refractivity contribution in [2.45, 2.75) is 26.7 Å². The molecule has 14 heavy (non-hydrogen) atoms. The van der Waals surface area contributed by atoms with Crippen LogP contribution in [0.25, 0.3) is 0 Å². The van der Waals surface area contributed by atoms with E-state index in [1.165, 1.54) is 0 Å². The third-order valence-electron chi connectivity index (χ3n) is 1.65. The van der Waals surface area contributed by atoms with E-state index in [1.807, 2.05) is 0 Å². The van der Waals surface area contributed by atoms with Crippen molar-refractivity contribution < 1.29 is 18.8 Å². The number of hydrogen-bond acceptors (Lipinski definition) is 3. The second kappa shape index (κ2) is 6.12. The average molecular weight is 220 g/mol. The van der Waals surface area contributed by atoms with Crippen LogP contribution in [0.15, 0.2) is 12.2 Å². The van der Waals surface area contributed by atoms with Crippen LogP contribution < -0.4 is 0 Å². The Bertz CT molecular complexity index is 260. The van der Waals surface area contributed by atoms with Crippen molar-refractivity contribution in [1.29, 1.82) is 0 Å². The van der Waals surface area contributed by atoms with Gasteiger partial charge in [-0.05, 0) is 25.8 Å². The summed E-state index contributed by atoms with van der Waals surface area (Å²) in [5.74, 6) is -0.0681. The maximum absolute atomic E-state index is 11.2. The maximum Gasteiger partial charge on any atom is 0.328 e. The lowest BCUT2D eigenvalue weighted by Gasteiger charge is -2.09. The van der Waals surface area contributed by atoms with E-state index < -0.39 is 7.60 Å². The van der Waals surface area contributed by atoms with Crippen LogP contribution in [0.3, 0.4) is 0 Å². The summed E-state index contributed by atoms with van der Waals surface area (Å²) in [7, 11) is -3.46. The van der Waals surface area contributed by atoms with E-state index in [-0.39, 0.29) is 25.0 Å². The molecule has 0 aliphatic carbocycles. The van der Waals surface area contributed by atoms with E-state index in [1.54, 1.807) is 13.8 Å². The van der Waals surface area contributed by atoms with Gasteiger partial charge >= 0.3 is 7.60 Å². The SMILES string of the molecule is C=C(C)C(=O)CCCP(=O)(O)OCC. The predicted molar refractivity (Wildman–Crippen MR) is 55.4 cm³/mol. The molecule has 0 bridgehead atoms. The van der Waals surface area contributed by atoms with Crippen molar-refractivity contribution >= 4 is 13.4 Å². The van der Waals surface area contributed by atoms with E-state index in [0.29, 0.717) is 12.0 Å². The maximum atomic E-state index is 11.2. The molecule has 0 aromatic rings. The normalized spacial score (nSPS) is 14.8. The highest BCUT2D eigenvalue weighted by atomic mass is 31.2. The Kier molecular flexibility index (Phi) is 5.93. The van der Waals surface area contributed by atoms with E-state index in [0.717, 1.165) is 0 Å². The quantitative estimate of drug-likeness (QED) is 0.527. The number of ketones is 1. The van der Waals surface area contributed by atoms with Gasteiger partial charge in [-0.25, -0.2) is 0 Å². The molecule has 0 radical (unpaired) electrons. The van der Waals surface area contributed by atoms with Gasteiger partial charge in [0.2, 0.25) is 0 Å². The first-order valence-corrected chi connectivity index (χ1v) is 6.30. The molecule has 0 spiro atoms.